The third kappa shape index (κ3) is 4.29. The van der Waals surface area contributed by atoms with Crippen molar-refractivity contribution in [3.63, 3.8) is 0 Å². The molecule has 2 aromatic carbocycles. The monoisotopic (exact) mass is 353 g/mol. The minimum atomic E-state index is -0.384. The molecule has 0 unspecified atom stereocenters. The summed E-state index contributed by atoms with van der Waals surface area (Å²) in [6.45, 7) is 1.02. The molecule has 3 aromatic rings. The van der Waals surface area contributed by atoms with Gasteiger partial charge in [0.2, 0.25) is 0 Å². The van der Waals surface area contributed by atoms with E-state index in [1.165, 1.54) is 11.6 Å². The van der Waals surface area contributed by atoms with Gasteiger partial charge >= 0.3 is 0 Å². The number of aromatic nitrogens is 1. The zero-order chi connectivity index (χ0) is 17.8. The Morgan fingerprint density at radius 3 is 2.56 bits per heavy atom. The van der Waals surface area contributed by atoms with Gasteiger partial charge in [0.15, 0.2) is 0 Å². The zero-order valence-corrected chi connectivity index (χ0v) is 15.0. The summed E-state index contributed by atoms with van der Waals surface area (Å²) in [5.74, 6) is 0. The highest BCUT2D eigenvalue weighted by Gasteiger charge is 2.11. The molecular weight excluding hydrogens is 334 g/mol. The normalized spacial score (nSPS) is 11.0. The number of hydrogen-bond acceptors (Lipinski definition) is 5. The van der Waals surface area contributed by atoms with Crippen LogP contribution in [-0.4, -0.2) is 35.4 Å². The third-order valence-corrected chi connectivity index (χ3v) is 4.99. The van der Waals surface area contributed by atoms with Gasteiger partial charge in [-0.25, -0.2) is 4.98 Å². The van der Waals surface area contributed by atoms with Gasteiger partial charge < -0.3 is 4.90 Å². The van der Waals surface area contributed by atoms with Gasteiger partial charge in [0.05, 0.1) is 9.80 Å². The van der Waals surface area contributed by atoms with Crippen LogP contribution >= 0.6 is 11.3 Å². The summed E-state index contributed by atoms with van der Waals surface area (Å²) < 4.78 is 0. The molecule has 0 atom stereocenters. The van der Waals surface area contributed by atoms with E-state index in [0.717, 1.165) is 34.0 Å². The van der Waals surface area contributed by atoms with Gasteiger partial charge in [0, 0.05) is 30.4 Å². The first-order valence-electron chi connectivity index (χ1n) is 7.97. The summed E-state index contributed by atoms with van der Waals surface area (Å²) in [7, 11) is 4.14. The highest BCUT2D eigenvalue weighted by molar-refractivity contribution is 7.18. The topological polar surface area (TPSA) is 59.3 Å². The summed E-state index contributed by atoms with van der Waals surface area (Å²) in [5, 5.41) is 11.7. The Bertz CT molecular complexity index is 872. The van der Waals surface area contributed by atoms with E-state index in [1.54, 1.807) is 23.5 Å². The van der Waals surface area contributed by atoms with E-state index in [0.29, 0.717) is 0 Å². The predicted molar refractivity (Wildman–Crippen MR) is 102 cm³/mol. The molecule has 3 rings (SSSR count). The van der Waals surface area contributed by atoms with Crippen LogP contribution < -0.4 is 0 Å². The van der Waals surface area contributed by atoms with E-state index >= 15 is 0 Å². The molecule has 0 amide bonds. The molecule has 6 heteroatoms. The minimum absolute atomic E-state index is 0.0829. The number of non-ortho nitro benzene ring substituents is 1. The Hall–Kier alpha value is -2.57. The number of thiazole rings is 1. The molecule has 0 fully saturated rings. The first kappa shape index (κ1) is 17.3. The maximum absolute atomic E-state index is 10.9. The van der Waals surface area contributed by atoms with E-state index in [4.69, 9.17) is 0 Å². The van der Waals surface area contributed by atoms with Gasteiger partial charge in [-0.05, 0) is 31.6 Å². The zero-order valence-electron chi connectivity index (χ0n) is 14.2. The molecule has 0 saturated carbocycles. The fourth-order valence-corrected chi connectivity index (χ4v) is 3.40. The van der Waals surface area contributed by atoms with Gasteiger partial charge in [-0.3, -0.25) is 10.1 Å². The van der Waals surface area contributed by atoms with Crippen LogP contribution in [0.4, 0.5) is 5.69 Å². The van der Waals surface area contributed by atoms with Gasteiger partial charge in [-0.15, -0.1) is 11.3 Å². The Labute approximate surface area is 150 Å². The van der Waals surface area contributed by atoms with Crippen LogP contribution in [0.25, 0.3) is 21.0 Å². The molecule has 0 aliphatic rings. The summed E-state index contributed by atoms with van der Waals surface area (Å²) in [6.07, 6.45) is 2.85. The molecular formula is C19H19N3O2S. The number of benzene rings is 2. The largest absolute Gasteiger partial charge is 0.309 e. The standard InChI is InChI=1S/C19H19N3O2S/c1-21(2)11-10-14-6-8-15(9-7-14)18-13-20-19(25-18)16-4-3-5-17(12-16)22(23)24/h3-9,12-13H,10-11H2,1-2H3. The second-order valence-electron chi connectivity index (χ2n) is 6.09. The van der Waals surface area contributed by atoms with Crippen LogP contribution in [0.1, 0.15) is 5.56 Å². The van der Waals surface area contributed by atoms with E-state index in [9.17, 15) is 10.1 Å². The summed E-state index contributed by atoms with van der Waals surface area (Å²) >= 11 is 1.54. The number of nitro benzene ring substituents is 1. The lowest BCUT2D eigenvalue weighted by atomic mass is 10.1. The molecule has 1 aromatic heterocycles. The van der Waals surface area contributed by atoms with Crippen molar-refractivity contribution < 1.29 is 4.92 Å². The fraction of sp³-hybridized carbons (Fsp3) is 0.211. The van der Waals surface area contributed by atoms with Crippen LogP contribution in [0, 0.1) is 10.1 Å². The van der Waals surface area contributed by atoms with Gasteiger partial charge in [-0.1, -0.05) is 36.4 Å². The third-order valence-electron chi connectivity index (χ3n) is 3.90. The Morgan fingerprint density at radius 2 is 1.88 bits per heavy atom. The van der Waals surface area contributed by atoms with E-state index in [1.807, 2.05) is 12.3 Å². The van der Waals surface area contributed by atoms with Crippen molar-refractivity contribution in [1.82, 2.24) is 9.88 Å². The van der Waals surface area contributed by atoms with Gasteiger partial charge in [0.1, 0.15) is 5.01 Å². The summed E-state index contributed by atoms with van der Waals surface area (Å²) in [5.41, 5.74) is 3.27. The molecule has 25 heavy (non-hydrogen) atoms. The molecule has 0 N–H and O–H groups in total. The Morgan fingerprint density at radius 1 is 1.12 bits per heavy atom. The molecule has 0 aliphatic carbocycles. The van der Waals surface area contributed by atoms with Crippen LogP contribution in [0.2, 0.25) is 0 Å². The Kier molecular flexibility index (Phi) is 5.21. The molecule has 0 spiro atoms. The van der Waals surface area contributed by atoms with Crippen LogP contribution in [-0.2, 0) is 6.42 Å². The lowest BCUT2D eigenvalue weighted by Crippen LogP contribution is -2.14. The molecule has 0 bridgehead atoms. The lowest BCUT2D eigenvalue weighted by molar-refractivity contribution is -0.384. The smallest absolute Gasteiger partial charge is 0.270 e. The molecule has 0 radical (unpaired) electrons. The number of nitro groups is 1. The highest BCUT2D eigenvalue weighted by atomic mass is 32.1. The van der Waals surface area contributed by atoms with Gasteiger partial charge in [0.25, 0.3) is 5.69 Å². The van der Waals surface area contributed by atoms with Crippen molar-refractivity contribution in [3.8, 4) is 21.0 Å². The van der Waals surface area contributed by atoms with Crippen molar-refractivity contribution in [3.05, 3.63) is 70.4 Å². The highest BCUT2D eigenvalue weighted by Crippen LogP contribution is 2.33. The van der Waals surface area contributed by atoms with Gasteiger partial charge in [-0.2, -0.15) is 0 Å². The minimum Gasteiger partial charge on any atom is -0.309 e. The predicted octanol–water partition coefficient (Wildman–Crippen LogP) is 4.49. The fourth-order valence-electron chi connectivity index (χ4n) is 2.48. The van der Waals surface area contributed by atoms with Crippen LogP contribution in [0.15, 0.2) is 54.7 Å². The maximum Gasteiger partial charge on any atom is 0.270 e. The molecule has 5 nitrogen and oxygen atoms in total. The summed E-state index contributed by atoms with van der Waals surface area (Å²) in [4.78, 5) is 18.2. The molecule has 0 saturated heterocycles. The summed E-state index contributed by atoms with van der Waals surface area (Å²) in [6, 6.07) is 15.1. The van der Waals surface area contributed by atoms with Crippen molar-refractivity contribution in [2.24, 2.45) is 0 Å². The number of hydrogen-bond donors (Lipinski definition) is 0. The maximum atomic E-state index is 10.9. The average Bonchev–Trinajstić information content (AvgIpc) is 3.10. The van der Waals surface area contributed by atoms with Crippen molar-refractivity contribution in [2.45, 2.75) is 6.42 Å². The second-order valence-corrected chi connectivity index (χ2v) is 7.12. The first-order chi connectivity index (χ1) is 12.0. The van der Waals surface area contributed by atoms with Crippen molar-refractivity contribution in [2.75, 3.05) is 20.6 Å². The van der Waals surface area contributed by atoms with E-state index in [2.05, 4.69) is 48.2 Å². The molecule has 0 aliphatic heterocycles. The van der Waals surface area contributed by atoms with E-state index in [-0.39, 0.29) is 10.6 Å². The lowest BCUT2D eigenvalue weighted by Gasteiger charge is -2.09. The van der Waals surface area contributed by atoms with Crippen LogP contribution in [0.3, 0.4) is 0 Å². The molecule has 128 valence electrons. The first-order valence-corrected chi connectivity index (χ1v) is 8.79. The second kappa shape index (κ2) is 7.55. The SMILES string of the molecule is CN(C)CCc1ccc(-c2cnc(-c3cccc([N+](=O)[O-])c3)s2)cc1. The number of likely N-dealkylation sites (N-methyl/N-ethyl adjacent to an activating group) is 1. The quantitative estimate of drug-likeness (QED) is 0.484. The van der Waals surface area contributed by atoms with Crippen molar-refractivity contribution in [1.29, 1.82) is 0 Å². The van der Waals surface area contributed by atoms with Crippen molar-refractivity contribution >= 4 is 17.0 Å². The number of nitrogens with zero attached hydrogens (tertiary/aromatic N) is 3. The van der Waals surface area contributed by atoms with Crippen LogP contribution in [0.5, 0.6) is 0 Å². The van der Waals surface area contributed by atoms with E-state index < -0.39 is 0 Å². The Balaban J connectivity index is 1.79. The number of rotatable bonds is 6. The average molecular weight is 353 g/mol. The molecule has 1 heterocycles.